The van der Waals surface area contributed by atoms with E-state index >= 15 is 0 Å². The van der Waals surface area contributed by atoms with Gasteiger partial charge in [0.25, 0.3) is 0 Å². The van der Waals surface area contributed by atoms with Crippen LogP contribution in [0.2, 0.25) is 0 Å². The molecule has 0 saturated heterocycles. The molecule has 2 unspecified atom stereocenters. The summed E-state index contributed by atoms with van der Waals surface area (Å²) in [6, 6.07) is 5.94. The van der Waals surface area contributed by atoms with Crippen LogP contribution in [-0.2, 0) is 25.6 Å². The summed E-state index contributed by atoms with van der Waals surface area (Å²) in [7, 11) is -1.84. The molecule has 4 amide bonds. The van der Waals surface area contributed by atoms with Crippen molar-refractivity contribution in [3.8, 4) is 11.1 Å². The lowest BCUT2D eigenvalue weighted by Crippen LogP contribution is -2.60. The molecule has 312 valence electrons. The zero-order valence-electron chi connectivity index (χ0n) is 33.2. The summed E-state index contributed by atoms with van der Waals surface area (Å²) in [5.41, 5.74) is 8.22. The van der Waals surface area contributed by atoms with E-state index in [0.29, 0.717) is 6.42 Å². The molecule has 0 heterocycles. The lowest BCUT2D eigenvalue weighted by molar-refractivity contribution is -0.161. The minimum absolute atomic E-state index is 0.0686. The third kappa shape index (κ3) is 15.8. The maximum absolute atomic E-state index is 14.6. The van der Waals surface area contributed by atoms with Crippen LogP contribution in [0, 0.1) is 5.92 Å². The van der Waals surface area contributed by atoms with Gasteiger partial charge < -0.3 is 42.2 Å². The number of hydrogen-bond donors (Lipinski definition) is 9. The molecule has 13 nitrogen and oxygen atoms in total. The van der Waals surface area contributed by atoms with Crippen LogP contribution in [0.25, 0.3) is 11.1 Å². The van der Waals surface area contributed by atoms with Gasteiger partial charge in [0.05, 0.1) is 18.1 Å². The summed E-state index contributed by atoms with van der Waals surface area (Å²) in [6.07, 6.45) is -2.50. The number of nitrogens with two attached hydrogens (primary N) is 1. The number of aryl methyl sites for hydroxylation is 1. The molecular weight excluding hydrogens is 732 g/mol. The van der Waals surface area contributed by atoms with Crippen LogP contribution in [0.15, 0.2) is 48.5 Å². The molecule has 56 heavy (non-hydrogen) atoms. The number of amides is 4. The minimum atomic E-state index is -4.82. The number of aliphatic hydroxyl groups is 1. The van der Waals surface area contributed by atoms with Gasteiger partial charge in [-0.15, -0.1) is 0 Å². The van der Waals surface area contributed by atoms with Crippen LogP contribution in [-0.4, -0.2) is 94.8 Å². The van der Waals surface area contributed by atoms with Gasteiger partial charge in [-0.2, -0.15) is 13.2 Å². The van der Waals surface area contributed by atoms with E-state index in [9.17, 15) is 47.5 Å². The van der Waals surface area contributed by atoms with E-state index in [0.717, 1.165) is 30.4 Å². The Labute approximate surface area is 328 Å². The molecule has 0 aliphatic heterocycles. The number of rotatable bonds is 23. The fourth-order valence-electron chi connectivity index (χ4n) is 5.90. The highest BCUT2D eigenvalue weighted by Crippen LogP contribution is 2.34. The van der Waals surface area contributed by atoms with Gasteiger partial charge in [-0.3, -0.25) is 24.5 Å². The normalized spacial score (nSPS) is 15.5. The minimum Gasteiger partial charge on any atom is -0.426 e. The van der Waals surface area contributed by atoms with Crippen LogP contribution >= 0.6 is 0 Å². The summed E-state index contributed by atoms with van der Waals surface area (Å²) in [4.78, 5) is 52.8. The molecule has 0 aliphatic rings. The number of hydrogen-bond acceptors (Lipinski definition) is 9. The van der Waals surface area contributed by atoms with Crippen molar-refractivity contribution in [1.29, 1.82) is 0 Å². The molecule has 0 spiro atoms. The lowest BCUT2D eigenvalue weighted by Gasteiger charge is -2.30. The van der Waals surface area contributed by atoms with E-state index in [1.165, 1.54) is 38.5 Å². The van der Waals surface area contributed by atoms with Gasteiger partial charge >= 0.3 is 13.3 Å². The molecule has 10 N–H and O–H groups in total. The molecule has 0 fully saturated rings. The molecule has 0 aliphatic carbocycles. The second-order valence-corrected chi connectivity index (χ2v) is 14.8. The first-order valence-corrected chi connectivity index (χ1v) is 19.3. The second-order valence-electron chi connectivity index (χ2n) is 14.8. The van der Waals surface area contributed by atoms with Crippen LogP contribution < -0.4 is 32.3 Å². The summed E-state index contributed by atoms with van der Waals surface area (Å²) in [6.45, 7) is 9.81. The van der Waals surface area contributed by atoms with E-state index < -0.39 is 79.2 Å². The largest absolute Gasteiger partial charge is 0.475 e. The molecule has 0 saturated carbocycles. The van der Waals surface area contributed by atoms with Crippen LogP contribution in [0.4, 0.5) is 13.2 Å². The number of benzene rings is 2. The van der Waals surface area contributed by atoms with Crippen molar-refractivity contribution in [2.45, 2.75) is 135 Å². The van der Waals surface area contributed by atoms with Gasteiger partial charge in [-0.1, -0.05) is 82.1 Å². The number of alkyl halides is 3. The molecule has 2 aromatic carbocycles. The van der Waals surface area contributed by atoms with E-state index in [1.54, 1.807) is 26.0 Å². The topological polar surface area (TPSA) is 215 Å². The number of halogens is 3. The number of carbonyl (C=O) groups excluding carboxylic acids is 4. The van der Waals surface area contributed by atoms with Gasteiger partial charge in [0.15, 0.2) is 0 Å². The quantitative estimate of drug-likeness (QED) is 0.0597. The molecule has 2 aromatic rings. The van der Waals surface area contributed by atoms with Crippen molar-refractivity contribution < 1.29 is 47.5 Å². The molecule has 7 atom stereocenters. The molecule has 2 rings (SSSR count). The van der Waals surface area contributed by atoms with Gasteiger partial charge in [0.1, 0.15) is 24.2 Å². The van der Waals surface area contributed by atoms with Crippen molar-refractivity contribution >= 4 is 30.7 Å². The Kier molecular flexibility index (Phi) is 20.0. The first-order valence-electron chi connectivity index (χ1n) is 19.3. The van der Waals surface area contributed by atoms with Crippen LogP contribution in [0.1, 0.15) is 97.2 Å². The predicted molar refractivity (Wildman–Crippen MR) is 210 cm³/mol. The van der Waals surface area contributed by atoms with E-state index in [2.05, 4.69) is 33.5 Å². The van der Waals surface area contributed by atoms with E-state index in [1.807, 2.05) is 24.3 Å². The van der Waals surface area contributed by atoms with Crippen molar-refractivity contribution in [2.24, 2.45) is 11.7 Å². The zero-order chi connectivity index (χ0) is 42.2. The maximum Gasteiger partial charge on any atom is 0.475 e. The Morgan fingerprint density at radius 3 is 1.82 bits per heavy atom. The van der Waals surface area contributed by atoms with Crippen molar-refractivity contribution in [3.63, 3.8) is 0 Å². The highest BCUT2D eigenvalue weighted by atomic mass is 19.4. The van der Waals surface area contributed by atoms with Crippen LogP contribution in [0.5, 0.6) is 0 Å². The van der Waals surface area contributed by atoms with Gasteiger partial charge in [-0.05, 0) is 87.6 Å². The third-order valence-corrected chi connectivity index (χ3v) is 9.28. The van der Waals surface area contributed by atoms with Gasteiger partial charge in [0, 0.05) is 0 Å². The number of aliphatic hydroxyl groups excluding tert-OH is 1. The second kappa shape index (κ2) is 23.3. The van der Waals surface area contributed by atoms with Crippen molar-refractivity contribution in [3.05, 3.63) is 59.7 Å². The first-order chi connectivity index (χ1) is 26.3. The highest BCUT2D eigenvalue weighted by molar-refractivity contribution is 6.43. The summed E-state index contributed by atoms with van der Waals surface area (Å²) in [5, 5.41) is 41.3. The first kappa shape index (κ1) is 48.1. The molecule has 0 radical (unpaired) electrons. The fraction of sp³-hybridized carbons (Fsp3) is 0.590. The van der Waals surface area contributed by atoms with Crippen LogP contribution in [0.3, 0.4) is 0 Å². The average molecular weight is 793 g/mol. The smallest absolute Gasteiger partial charge is 0.426 e. The zero-order valence-corrected chi connectivity index (χ0v) is 33.2. The number of unbranched alkanes of at least 4 members (excludes halogenated alkanes) is 2. The monoisotopic (exact) mass is 792 g/mol. The Morgan fingerprint density at radius 2 is 1.32 bits per heavy atom. The van der Waals surface area contributed by atoms with E-state index in [-0.39, 0.29) is 37.3 Å². The molecular formula is C39H60BF3N6O7. The maximum atomic E-state index is 14.6. The third-order valence-electron chi connectivity index (χ3n) is 9.28. The average Bonchev–Trinajstić information content (AvgIpc) is 3.13. The highest BCUT2D eigenvalue weighted by Gasteiger charge is 2.43. The summed E-state index contributed by atoms with van der Waals surface area (Å²) in [5.74, 6) is -4.57. The summed E-state index contributed by atoms with van der Waals surface area (Å²) < 4.78 is 43.9. The Hall–Kier alpha value is -4.03. The summed E-state index contributed by atoms with van der Waals surface area (Å²) >= 11 is 0. The standard InChI is InChI=1S/C39H60BF3N6O7/c1-7-8-11-27-13-15-28(16-14-27)29-17-19-30(20-18-29)34(39(41,42)43)47-31(12-9-10-21-44)36(52)49-33(25(5)50)38(54)45-24(4)35(51)48-32(22-23(2)3)37(53)46-26(6)40(55)56/h13-20,23-26,31-34,47,50,55-56H,7-12,21-22,44H2,1-6H3,(H,45,54)(H,46,53)(H,48,51)(H,49,52)/t24-,25+,26-,31-,32?,33-,34?/m0/s1. The SMILES string of the molecule is CCCCc1ccc(-c2ccc(C(N[C@@H](CCCCN)C(=O)N[C@H](C(=O)N[C@@H](C)C(=O)NC(CC(C)C)C(=O)N[C@@H](C)B(O)O)[C@@H](C)O)C(F)(F)F)cc2)cc1. The molecule has 17 heteroatoms. The number of carbonyl (C=O) groups is 4. The van der Waals surface area contributed by atoms with E-state index in [4.69, 9.17) is 5.73 Å². The fourth-order valence-corrected chi connectivity index (χ4v) is 5.90. The van der Waals surface area contributed by atoms with Gasteiger partial charge in [0.2, 0.25) is 23.6 Å². The lowest BCUT2D eigenvalue weighted by atomic mass is 9.81. The van der Waals surface area contributed by atoms with Crippen molar-refractivity contribution in [2.75, 3.05) is 6.54 Å². The molecule has 0 bridgehead atoms. The Balaban J connectivity index is 2.24. The predicted octanol–water partition coefficient (Wildman–Crippen LogP) is 2.80. The number of nitrogens with one attached hydrogen (secondary N) is 5. The Morgan fingerprint density at radius 1 is 0.750 bits per heavy atom. The van der Waals surface area contributed by atoms with Gasteiger partial charge in [-0.25, -0.2) is 0 Å². The Bertz CT molecular complexity index is 1530. The van der Waals surface area contributed by atoms with Crippen molar-refractivity contribution in [1.82, 2.24) is 26.6 Å². The molecule has 0 aromatic heterocycles.